The van der Waals surface area contributed by atoms with Gasteiger partial charge in [0.05, 0.1) is 72.4 Å². The lowest BCUT2D eigenvalue weighted by atomic mass is 9.77. The number of benzene rings is 2. The van der Waals surface area contributed by atoms with E-state index in [9.17, 15) is 28.0 Å². The number of halogens is 5. The van der Waals surface area contributed by atoms with Crippen molar-refractivity contribution in [3.8, 4) is 22.6 Å². The third kappa shape index (κ3) is 14.1. The molecule has 0 unspecified atom stereocenters. The van der Waals surface area contributed by atoms with Crippen molar-refractivity contribution in [2.24, 2.45) is 0 Å². The number of pyridine rings is 2. The van der Waals surface area contributed by atoms with Crippen LogP contribution >= 0.6 is 23.2 Å². The molecule has 22 nitrogen and oxygen atoms in total. The fraction of sp³-hybridized carbons (Fsp3) is 0.429. The number of hydrogen-bond donors (Lipinski definition) is 2. The highest BCUT2D eigenvalue weighted by atomic mass is 35.5. The number of carbonyl (C=O) groups is 2. The summed E-state index contributed by atoms with van der Waals surface area (Å²) in [6, 6.07) is 11.0. The molecule has 2 amide bonds. The predicted octanol–water partition coefficient (Wildman–Crippen LogP) is 11.4. The lowest BCUT2D eigenvalue weighted by molar-refractivity contribution is -0.129. The fourth-order valence-corrected chi connectivity index (χ4v) is 12.8. The lowest BCUT2D eigenvalue weighted by Gasteiger charge is -2.44. The van der Waals surface area contributed by atoms with Gasteiger partial charge in [-0.2, -0.15) is 9.97 Å². The van der Waals surface area contributed by atoms with Gasteiger partial charge in [0.15, 0.2) is 22.3 Å². The molecule has 0 saturated carbocycles. The van der Waals surface area contributed by atoms with Crippen LogP contribution in [0.5, 0.6) is 0 Å². The van der Waals surface area contributed by atoms with Crippen LogP contribution in [-0.2, 0) is 18.9 Å². The molecule has 28 heteroatoms. The van der Waals surface area contributed by atoms with Crippen molar-refractivity contribution in [1.82, 2.24) is 58.8 Å². The number of nitrogen functional groups attached to an aromatic ring is 2. The number of nitrogens with zero attached hydrogens (tertiary/aromatic N) is 14. The molecule has 0 aliphatic carbocycles. The molecule has 8 aromatic rings. The van der Waals surface area contributed by atoms with E-state index in [1.54, 1.807) is 34.1 Å². The largest absolute Gasteiger partial charge is 0.499 e. The van der Waals surface area contributed by atoms with E-state index in [1.165, 1.54) is 58.2 Å². The maximum absolute atomic E-state index is 15.2. The Morgan fingerprint density at radius 3 is 1.38 bits per heavy atom. The zero-order valence-corrected chi connectivity index (χ0v) is 59.6. The molecule has 9 heterocycles. The number of aromatic nitrogens is 10. The molecule has 3 aliphatic heterocycles. The Bertz CT molecular complexity index is 4440. The van der Waals surface area contributed by atoms with Crippen molar-refractivity contribution < 1.29 is 32.1 Å². The van der Waals surface area contributed by atoms with Gasteiger partial charge in [0.2, 0.25) is 11.8 Å². The number of carbonyl (C=O) groups excluding carboxylic acids is 2. The molecule has 11 rings (SSSR count). The average molecular weight is 1380 g/mol. The molecule has 3 saturated heterocycles. The highest BCUT2D eigenvalue weighted by Crippen LogP contribution is 2.41. The van der Waals surface area contributed by atoms with Gasteiger partial charge in [-0.15, -0.1) is 0 Å². The Kier molecular flexibility index (Phi) is 21.7. The predicted molar refractivity (Wildman–Crippen MR) is 380 cm³/mol. The van der Waals surface area contributed by atoms with Crippen LogP contribution in [0.2, 0.25) is 10.2 Å². The summed E-state index contributed by atoms with van der Waals surface area (Å²) in [5, 5.41) is 0.595. The second-order valence-electron chi connectivity index (χ2n) is 27.2. The van der Waals surface area contributed by atoms with Crippen LogP contribution in [0, 0.1) is 17.5 Å². The molecule has 3 aliphatic rings. The zero-order chi connectivity index (χ0) is 72.1. The Morgan fingerprint density at radius 2 is 0.980 bits per heavy atom. The number of nitrogens with two attached hydrogens (primary N) is 2. The zero-order valence-electron chi connectivity index (χ0n) is 58.1. The molecule has 4 atom stereocenters. The Balaban J connectivity index is 0.000000187. The van der Waals surface area contributed by atoms with Crippen LogP contribution in [0.4, 0.5) is 36.2 Å². The first kappa shape index (κ1) is 73.4. The van der Waals surface area contributed by atoms with Gasteiger partial charge in [0.25, 0.3) is 0 Å². The molecule has 98 heavy (non-hydrogen) atoms. The maximum Gasteiger partial charge on any atom is 0.499 e. The third-order valence-corrected chi connectivity index (χ3v) is 18.8. The van der Waals surface area contributed by atoms with Crippen LogP contribution in [0.15, 0.2) is 96.1 Å². The lowest BCUT2D eigenvalue weighted by Crippen LogP contribution is -2.58. The van der Waals surface area contributed by atoms with Gasteiger partial charge < -0.3 is 40.4 Å². The highest BCUT2D eigenvalue weighted by Gasteiger charge is 2.53. The van der Waals surface area contributed by atoms with E-state index in [2.05, 4.69) is 48.0 Å². The second-order valence-corrected chi connectivity index (χ2v) is 27.9. The third-order valence-electron chi connectivity index (χ3n) is 18.2. The van der Waals surface area contributed by atoms with E-state index in [0.717, 1.165) is 0 Å². The Hall–Kier alpha value is -8.85. The van der Waals surface area contributed by atoms with E-state index >= 15 is 4.39 Å². The first-order valence-electron chi connectivity index (χ1n) is 32.5. The molecule has 2 aromatic carbocycles. The van der Waals surface area contributed by atoms with Crippen LogP contribution < -0.4 is 38.1 Å². The summed E-state index contributed by atoms with van der Waals surface area (Å²) in [5.74, 6) is -1.62. The van der Waals surface area contributed by atoms with E-state index in [-0.39, 0.29) is 104 Å². The first-order chi connectivity index (χ1) is 46.0. The monoisotopic (exact) mass is 1380 g/mol. The van der Waals surface area contributed by atoms with Gasteiger partial charge >= 0.3 is 18.5 Å². The fourth-order valence-electron chi connectivity index (χ4n) is 12.4. The van der Waals surface area contributed by atoms with Gasteiger partial charge in [0, 0.05) is 67.2 Å². The molecule has 3 fully saturated rings. The van der Waals surface area contributed by atoms with Crippen molar-refractivity contribution in [3.05, 3.63) is 158 Å². The van der Waals surface area contributed by atoms with Crippen LogP contribution in [-0.4, -0.2) is 139 Å². The summed E-state index contributed by atoms with van der Waals surface area (Å²) in [6.07, 6.45) is 5.56. The van der Waals surface area contributed by atoms with Gasteiger partial charge in [0.1, 0.15) is 35.9 Å². The SMILES string of the molecule is C=CC(=O)N1C[C@H](C)N(c2nc(=O)n(-c3c(C(C)C)ncnc3C(C)C)c3nc(-c4c(N)cccc4F)c(Cl)cc23)C[C@H]1C.C=CC(=O)N1C[C@H](C)N(c2nc(=O)n(-c3c(C(C)C)ncnc3C(C)C)c3nc(Cl)c(F)cc23)C[C@H]1C.CC1(C)OB(c2c(N)cccc2F)OC1(C)C. The quantitative estimate of drug-likeness (QED) is 0.0498. The molecule has 6 aromatic heterocycles. The van der Waals surface area contributed by atoms with Gasteiger partial charge in [-0.1, -0.05) is 104 Å². The number of fused-ring (bicyclic) bond motifs is 2. The van der Waals surface area contributed by atoms with Gasteiger partial charge in [-0.3, -0.25) is 9.59 Å². The molecular formula is C70H84BCl2F3N16O6. The molecule has 0 radical (unpaired) electrons. The first-order valence-corrected chi connectivity index (χ1v) is 33.3. The molecule has 0 spiro atoms. The molecular weight excluding hydrogens is 1300 g/mol. The molecule has 4 N–H and O–H groups in total. The van der Waals surface area contributed by atoms with Crippen molar-refractivity contribution in [1.29, 1.82) is 0 Å². The second kappa shape index (κ2) is 28.9. The normalized spacial score (nSPS) is 18.4. The maximum atomic E-state index is 15.2. The van der Waals surface area contributed by atoms with Gasteiger partial charge in [-0.05, 0) is 128 Å². The summed E-state index contributed by atoms with van der Waals surface area (Å²) in [6.45, 7) is 40.0. The van der Waals surface area contributed by atoms with Crippen molar-refractivity contribution >= 4 is 92.7 Å². The summed E-state index contributed by atoms with van der Waals surface area (Å²) >= 11 is 13.0. The van der Waals surface area contributed by atoms with E-state index in [4.69, 9.17) is 49.0 Å². The van der Waals surface area contributed by atoms with Crippen molar-refractivity contribution in [2.75, 3.05) is 47.4 Å². The Labute approximate surface area is 578 Å². The summed E-state index contributed by atoms with van der Waals surface area (Å²) in [5.41, 5.74) is 14.7. The molecule has 0 bridgehead atoms. The minimum absolute atomic E-state index is 0.0350. The number of piperazine rings is 2. The number of anilines is 4. The van der Waals surface area contributed by atoms with E-state index < -0.39 is 47.2 Å². The van der Waals surface area contributed by atoms with E-state index in [1.807, 2.05) is 121 Å². The number of amides is 2. The van der Waals surface area contributed by atoms with E-state index in [0.29, 0.717) is 88.4 Å². The number of rotatable bonds is 12. The summed E-state index contributed by atoms with van der Waals surface area (Å²) in [7, 11) is -0.749. The van der Waals surface area contributed by atoms with Crippen LogP contribution in [0.25, 0.3) is 44.7 Å². The molecule has 518 valence electrons. The van der Waals surface area contributed by atoms with Crippen LogP contribution in [0.3, 0.4) is 0 Å². The van der Waals surface area contributed by atoms with Crippen molar-refractivity contribution in [3.63, 3.8) is 0 Å². The van der Waals surface area contributed by atoms with Crippen molar-refractivity contribution in [2.45, 2.75) is 170 Å². The topological polar surface area (TPSA) is 265 Å². The van der Waals surface area contributed by atoms with Crippen LogP contribution in [0.1, 0.15) is 157 Å². The van der Waals surface area contributed by atoms with Gasteiger partial charge in [-0.25, -0.2) is 61.8 Å². The minimum Gasteiger partial charge on any atom is -0.399 e. The Morgan fingerprint density at radius 1 is 0.582 bits per heavy atom. The summed E-state index contributed by atoms with van der Waals surface area (Å²) in [4.78, 5) is 96.5. The highest BCUT2D eigenvalue weighted by molar-refractivity contribution is 6.64. The minimum atomic E-state index is -0.749. The average Bonchev–Trinajstić information content (AvgIpc) is 0.974. The smallest absolute Gasteiger partial charge is 0.399 e. The standard InChI is InChI=1S/C32H36ClFN8O2.C26H31ClFN7O2.C12H17BFNO2/c1-8-24(43)40-13-19(7)41(14-18(40)6)30-20-12-21(33)28(25-22(34)10-9-11-23(25)35)38-31(20)42(32(44)39-30)29-26(16(2)3)36-15-37-27(29)17(4)5;1-8-19(36)33-10-16(7)34(11-15(33)6)24-17-9-18(28)23(27)31-25(17)35(26(37)32-24)22-20(13(2)3)29-12-30-21(22)14(4)5;1-11(2)12(3,4)17-13(16-11)10-8(14)6-5-7-9(10)15/h8-12,15-19H,1,13-14,35H2,2-7H3;8-9,12-16H,1,10-11H2,2-7H3;5-7H,15H2,1-4H3/t18-,19+;15-,16+;/m11./s1. The number of hydrogen-bond acceptors (Lipinski definition) is 18. The summed E-state index contributed by atoms with van der Waals surface area (Å²) < 4.78 is 58.1.